The predicted octanol–water partition coefficient (Wildman–Crippen LogP) is 1.14. The largest absolute Gasteiger partial charge is 0.388 e. The molecule has 0 radical (unpaired) electrons. The molecule has 0 aromatic heterocycles. The third-order valence-electron chi connectivity index (χ3n) is 1.04. The van der Waals surface area contributed by atoms with Crippen LogP contribution in [0, 0.1) is 0 Å². The number of benzene rings is 1. The molecule has 1 aromatic carbocycles. The van der Waals surface area contributed by atoms with Crippen LogP contribution < -0.4 is 4.67 Å². The summed E-state index contributed by atoms with van der Waals surface area (Å²) in [6.07, 6.45) is 1.72. The second-order valence-corrected chi connectivity index (χ2v) is 2.13. The number of hydrogen-bond acceptors (Lipinski definition) is 1. The molecule has 1 aromatic rings. The maximum absolute atomic E-state index is 4.25. The Kier molecular flexibility index (Phi) is 6.85. The average molecular weight is 164 g/mol. The Morgan fingerprint density at radius 2 is 1.75 bits per heavy atom. The molecule has 0 heterocycles. The van der Waals surface area contributed by atoms with Gasteiger partial charge < -0.3 is 4.74 Å². The van der Waals surface area contributed by atoms with Crippen LogP contribution in [0.25, 0.3) is 0 Å². The summed E-state index contributed by atoms with van der Waals surface area (Å²) in [5.41, 5.74) is 1.09. The summed E-state index contributed by atoms with van der Waals surface area (Å²) in [6.45, 7) is 3.35. The third kappa shape index (κ3) is 5.42. The smallest absolute Gasteiger partial charge is 0.298 e. The molecule has 0 aliphatic heterocycles. The Balaban J connectivity index is 0.000000354. The van der Waals surface area contributed by atoms with Crippen LogP contribution in [0.1, 0.15) is 5.56 Å². The maximum Gasteiger partial charge on any atom is 0.298 e. The van der Waals surface area contributed by atoms with E-state index in [-0.39, 0.29) is 0 Å². The van der Waals surface area contributed by atoms with Crippen molar-refractivity contribution in [3.63, 3.8) is 0 Å². The van der Waals surface area contributed by atoms with E-state index in [4.69, 9.17) is 0 Å². The highest BCUT2D eigenvalue weighted by molar-refractivity contribution is 5.79. The highest BCUT2D eigenvalue weighted by Gasteiger charge is 1.85. The Hall–Kier alpha value is -1.37. The van der Waals surface area contributed by atoms with E-state index in [0.29, 0.717) is 0 Å². The predicted molar refractivity (Wildman–Crippen MR) is 53.8 cm³/mol. The molecule has 0 unspecified atom stereocenters. The van der Waals surface area contributed by atoms with E-state index >= 15 is 0 Å². The minimum absolute atomic E-state index is 1.09. The number of hydrogen-bond donors (Lipinski definition) is 0. The van der Waals surface area contributed by atoms with Crippen molar-refractivity contribution in [2.45, 2.75) is 0 Å². The molecule has 2 heteroatoms. The number of nitrogens with zero attached hydrogens (tertiary/aromatic N) is 1. The van der Waals surface area contributed by atoms with Gasteiger partial charge in [-0.25, -0.2) is 0 Å². The van der Waals surface area contributed by atoms with E-state index in [1.54, 1.807) is 20.4 Å². The van der Waals surface area contributed by atoms with Crippen molar-refractivity contribution in [1.29, 1.82) is 0 Å². The van der Waals surface area contributed by atoms with Gasteiger partial charge in [-0.15, -0.1) is 4.67 Å². The first-order valence-corrected chi connectivity index (χ1v) is 3.59. The molecule has 0 aliphatic rings. The summed E-state index contributed by atoms with van der Waals surface area (Å²) in [5.74, 6) is 0. The quantitative estimate of drug-likeness (QED) is 0.451. The van der Waals surface area contributed by atoms with E-state index in [9.17, 15) is 0 Å². The Morgan fingerprint density at radius 3 is 2.17 bits per heavy atom. The lowest BCUT2D eigenvalue weighted by Crippen LogP contribution is -1.79. The van der Waals surface area contributed by atoms with E-state index in [1.807, 2.05) is 30.3 Å². The molecule has 0 N–H and O–H groups in total. The van der Waals surface area contributed by atoms with Crippen LogP contribution in [0.3, 0.4) is 0 Å². The van der Waals surface area contributed by atoms with Gasteiger partial charge in [0.05, 0.1) is 5.56 Å². The van der Waals surface area contributed by atoms with Crippen molar-refractivity contribution in [2.24, 2.45) is 0 Å². The van der Waals surface area contributed by atoms with Crippen molar-refractivity contribution < 1.29 is 4.74 Å². The molecule has 0 spiro atoms. The van der Waals surface area contributed by atoms with Crippen molar-refractivity contribution in [1.82, 2.24) is 4.67 Å². The van der Waals surface area contributed by atoms with Crippen LogP contribution in [0.5, 0.6) is 0 Å². The molecule has 0 fully saturated rings. The first kappa shape index (κ1) is 10.6. The molecule has 0 amide bonds. The van der Waals surface area contributed by atoms with Crippen LogP contribution in [-0.4, -0.2) is 27.2 Å². The maximum atomic E-state index is 4.25. The molecule has 0 saturated heterocycles. The molecule has 2 nitrogen and oxygen atoms in total. The van der Waals surface area contributed by atoms with Gasteiger partial charge in [0.15, 0.2) is 0 Å². The zero-order chi connectivity index (χ0) is 9.23. The van der Waals surface area contributed by atoms with Gasteiger partial charge in [-0.2, -0.15) is 0 Å². The van der Waals surface area contributed by atoms with Crippen LogP contribution in [0.4, 0.5) is 0 Å². The van der Waals surface area contributed by atoms with Gasteiger partial charge in [-0.3, -0.25) is 0 Å². The second kappa shape index (κ2) is 7.73. The van der Waals surface area contributed by atoms with Crippen molar-refractivity contribution >= 4 is 12.9 Å². The van der Waals surface area contributed by atoms with Crippen LogP contribution in [0.15, 0.2) is 30.3 Å². The standard InChI is InChI=1S/C8H8N.C2H6O/c1-9-7-8-5-3-2-4-6-8;1-3-2/h2-7H,1H2;1-2H3/q+1;. The SMILES string of the molecule is C=[N+]=Cc1ccccc1.COC. The summed E-state index contributed by atoms with van der Waals surface area (Å²) in [4.78, 5) is 0. The Labute approximate surface area is 73.3 Å². The van der Waals surface area contributed by atoms with E-state index in [2.05, 4.69) is 16.1 Å². The Morgan fingerprint density at radius 1 is 1.25 bits per heavy atom. The van der Waals surface area contributed by atoms with Crippen molar-refractivity contribution in [3.8, 4) is 0 Å². The average Bonchev–Trinajstić information content (AvgIpc) is 2.08. The molecule has 1 rings (SSSR count). The molecular formula is C10H14NO+. The minimum Gasteiger partial charge on any atom is -0.388 e. The van der Waals surface area contributed by atoms with Gasteiger partial charge in [-0.1, -0.05) is 18.2 Å². The zero-order valence-electron chi connectivity index (χ0n) is 7.53. The van der Waals surface area contributed by atoms with Gasteiger partial charge in [0, 0.05) is 14.2 Å². The minimum atomic E-state index is 1.09. The summed E-state index contributed by atoms with van der Waals surface area (Å²) in [5, 5.41) is 0. The second-order valence-electron chi connectivity index (χ2n) is 2.13. The third-order valence-corrected chi connectivity index (χ3v) is 1.04. The highest BCUT2D eigenvalue weighted by Crippen LogP contribution is 1.91. The van der Waals surface area contributed by atoms with E-state index in [0.717, 1.165) is 5.56 Å². The molecule has 0 atom stereocenters. The van der Waals surface area contributed by atoms with Gasteiger partial charge in [0.2, 0.25) is 0 Å². The first-order chi connectivity index (χ1) is 5.85. The summed E-state index contributed by atoms with van der Waals surface area (Å²) < 4.78 is 7.88. The molecular weight excluding hydrogens is 150 g/mol. The molecule has 0 aliphatic carbocycles. The lowest BCUT2D eigenvalue weighted by Gasteiger charge is -1.79. The van der Waals surface area contributed by atoms with E-state index in [1.165, 1.54) is 0 Å². The van der Waals surface area contributed by atoms with Gasteiger partial charge in [0.25, 0.3) is 12.9 Å². The molecule has 0 bridgehead atoms. The van der Waals surface area contributed by atoms with Crippen molar-refractivity contribution in [2.75, 3.05) is 14.2 Å². The highest BCUT2D eigenvalue weighted by atomic mass is 16.4. The number of ether oxygens (including phenoxy) is 1. The lowest BCUT2D eigenvalue weighted by atomic mass is 10.2. The Bertz CT molecular complexity index is 237. The fourth-order valence-electron chi connectivity index (χ4n) is 0.645. The van der Waals surface area contributed by atoms with Gasteiger partial charge in [0.1, 0.15) is 0 Å². The monoisotopic (exact) mass is 164 g/mol. The fourth-order valence-corrected chi connectivity index (χ4v) is 0.645. The zero-order valence-corrected chi connectivity index (χ0v) is 7.53. The molecule has 64 valence electrons. The molecule has 0 saturated carbocycles. The number of rotatable bonds is 1. The lowest BCUT2D eigenvalue weighted by molar-refractivity contribution is 0.277. The topological polar surface area (TPSA) is 23.3 Å². The van der Waals surface area contributed by atoms with E-state index < -0.39 is 0 Å². The first-order valence-electron chi connectivity index (χ1n) is 3.59. The van der Waals surface area contributed by atoms with Crippen LogP contribution in [0.2, 0.25) is 0 Å². The van der Waals surface area contributed by atoms with Crippen molar-refractivity contribution in [3.05, 3.63) is 35.9 Å². The number of methoxy groups -OCH3 is 1. The van der Waals surface area contributed by atoms with Gasteiger partial charge >= 0.3 is 0 Å². The fraction of sp³-hybridized carbons (Fsp3) is 0.200. The normalized spacial score (nSPS) is 7.50. The van der Waals surface area contributed by atoms with Crippen LogP contribution >= 0.6 is 0 Å². The van der Waals surface area contributed by atoms with Crippen LogP contribution in [-0.2, 0) is 4.74 Å². The van der Waals surface area contributed by atoms with Gasteiger partial charge in [-0.05, 0) is 12.1 Å². The molecule has 12 heavy (non-hydrogen) atoms. The summed E-state index contributed by atoms with van der Waals surface area (Å²) in [7, 11) is 3.25. The summed E-state index contributed by atoms with van der Waals surface area (Å²) in [6, 6.07) is 9.87. The summed E-state index contributed by atoms with van der Waals surface area (Å²) >= 11 is 0.